The number of fused-ring (bicyclic) bond motifs is 1. The molecule has 1 saturated heterocycles. The second-order valence-electron chi connectivity index (χ2n) is 12.5. The van der Waals surface area contributed by atoms with Crippen molar-refractivity contribution >= 4 is 0 Å². The van der Waals surface area contributed by atoms with Crippen molar-refractivity contribution in [2.75, 3.05) is 60.7 Å². The van der Waals surface area contributed by atoms with Crippen LogP contribution in [0.1, 0.15) is 42.9 Å². The number of rotatable bonds is 13. The van der Waals surface area contributed by atoms with Crippen molar-refractivity contribution < 1.29 is 28.4 Å². The molecule has 2 aliphatic carbocycles. The van der Waals surface area contributed by atoms with Crippen LogP contribution in [0.5, 0.6) is 11.5 Å². The highest BCUT2D eigenvalue weighted by Crippen LogP contribution is 2.40. The fraction of sp³-hybridized carbons (Fsp3) is 0.556. The predicted octanol–water partition coefficient (Wildman–Crippen LogP) is 5.95. The Morgan fingerprint density at radius 1 is 0.977 bits per heavy atom. The molecule has 0 radical (unpaired) electrons. The van der Waals surface area contributed by atoms with Gasteiger partial charge in [-0.15, -0.1) is 0 Å². The molecule has 2 unspecified atom stereocenters. The topological polar surface area (TPSA) is 63.6 Å². The third-order valence-corrected chi connectivity index (χ3v) is 9.59. The Morgan fingerprint density at radius 2 is 1.75 bits per heavy atom. The first-order valence-corrected chi connectivity index (χ1v) is 16.1. The average molecular weight is 609 g/mol. The molecule has 2 aromatic rings. The van der Waals surface area contributed by atoms with E-state index in [1.54, 1.807) is 32.4 Å². The zero-order valence-corrected chi connectivity index (χ0v) is 26.8. The number of phenolic OH excluding ortho intramolecular Hbond substituents is 1. The molecule has 1 heterocycles. The molecule has 0 amide bonds. The summed E-state index contributed by atoms with van der Waals surface area (Å²) in [5.74, 6) is 3.02. The Balaban J connectivity index is 1.25. The summed E-state index contributed by atoms with van der Waals surface area (Å²) in [6.45, 7) is 7.45. The van der Waals surface area contributed by atoms with E-state index in [0.717, 1.165) is 82.0 Å². The highest BCUT2D eigenvalue weighted by atomic mass is 19.1. The van der Waals surface area contributed by atoms with Crippen molar-refractivity contribution in [2.45, 2.75) is 51.6 Å². The molecular weight excluding hydrogens is 559 g/mol. The van der Waals surface area contributed by atoms with E-state index in [2.05, 4.69) is 42.0 Å². The number of benzene rings is 2. The lowest BCUT2D eigenvalue weighted by molar-refractivity contribution is 0.0542. The van der Waals surface area contributed by atoms with Gasteiger partial charge in [0.15, 0.2) is 23.1 Å². The number of hydrogen-bond acceptors (Lipinski definition) is 7. The van der Waals surface area contributed by atoms with Crippen molar-refractivity contribution in [2.24, 2.45) is 17.8 Å². The summed E-state index contributed by atoms with van der Waals surface area (Å²) in [6, 6.07) is 11.2. The van der Waals surface area contributed by atoms with Crippen LogP contribution >= 0.6 is 0 Å². The largest absolute Gasteiger partial charge is 0.508 e. The molecule has 1 N–H and O–H groups in total. The third-order valence-electron chi connectivity index (χ3n) is 9.59. The molecule has 3 atom stereocenters. The third kappa shape index (κ3) is 7.95. The Hall–Kier alpha value is -3.07. The smallest absolute Gasteiger partial charge is 0.165 e. The first kappa shape index (κ1) is 32.3. The number of likely N-dealkylation sites (N-methyl/N-ethyl adjacent to an activating group) is 2. The average Bonchev–Trinajstić information content (AvgIpc) is 3.04. The second-order valence-corrected chi connectivity index (χ2v) is 12.5. The standard InChI is InChI=1S/C36H49FN2O5/c1-5-39(24-26-6-11-34(32(37)18-26)44-17-14-38(2)23-25-12-15-43-16-13-25)33-22-36(42-4)35(41-3)21-31(33)29-8-7-28-20-30(40)10-9-27(28)19-29/h6,9-11,18,20-22,25,29,31,33,40H,5,7-8,12-17,19,23-24H2,1-4H3/t29-,31?,33?/m1/s1. The van der Waals surface area contributed by atoms with E-state index in [4.69, 9.17) is 18.9 Å². The number of ether oxygens (including phenoxy) is 4. The van der Waals surface area contributed by atoms with Crippen LogP contribution < -0.4 is 4.74 Å². The number of methoxy groups -OCH3 is 2. The molecule has 0 spiro atoms. The quantitative estimate of drug-likeness (QED) is 0.301. The number of aryl methyl sites for hydroxylation is 1. The van der Waals surface area contributed by atoms with Gasteiger partial charge in [0.25, 0.3) is 0 Å². The molecule has 3 aliphatic rings. The molecule has 7 nitrogen and oxygen atoms in total. The maximum absolute atomic E-state index is 15.2. The lowest BCUT2D eigenvalue weighted by Gasteiger charge is -2.41. The van der Waals surface area contributed by atoms with Gasteiger partial charge in [0.05, 0.1) is 14.2 Å². The van der Waals surface area contributed by atoms with Crippen molar-refractivity contribution in [3.8, 4) is 11.5 Å². The van der Waals surface area contributed by atoms with Gasteiger partial charge in [-0.25, -0.2) is 4.39 Å². The normalized spacial score (nSPS) is 22.4. The highest BCUT2D eigenvalue weighted by Gasteiger charge is 2.37. The van der Waals surface area contributed by atoms with Crippen molar-refractivity contribution in [3.63, 3.8) is 0 Å². The second kappa shape index (κ2) is 15.3. The number of nitrogens with zero attached hydrogens (tertiary/aromatic N) is 2. The summed E-state index contributed by atoms with van der Waals surface area (Å²) < 4.78 is 38.1. The maximum atomic E-state index is 15.2. The summed E-state index contributed by atoms with van der Waals surface area (Å²) in [7, 11) is 5.46. The summed E-state index contributed by atoms with van der Waals surface area (Å²) in [6.07, 6.45) is 9.47. The minimum atomic E-state index is -0.326. The Kier molecular flexibility index (Phi) is 11.2. The summed E-state index contributed by atoms with van der Waals surface area (Å²) >= 11 is 0. The first-order chi connectivity index (χ1) is 21.4. The van der Waals surface area contributed by atoms with Gasteiger partial charge in [0.1, 0.15) is 12.4 Å². The first-order valence-electron chi connectivity index (χ1n) is 16.1. The molecule has 0 saturated carbocycles. The van der Waals surface area contributed by atoms with Crippen LogP contribution in [0.15, 0.2) is 60.1 Å². The van der Waals surface area contributed by atoms with Gasteiger partial charge >= 0.3 is 0 Å². The number of aromatic hydroxyl groups is 1. The van der Waals surface area contributed by atoms with E-state index in [1.807, 2.05) is 12.1 Å². The molecule has 240 valence electrons. The molecule has 44 heavy (non-hydrogen) atoms. The molecule has 2 aromatic carbocycles. The van der Waals surface area contributed by atoms with Gasteiger partial charge < -0.3 is 29.0 Å². The van der Waals surface area contributed by atoms with Crippen molar-refractivity contribution in [1.82, 2.24) is 9.80 Å². The van der Waals surface area contributed by atoms with E-state index in [-0.39, 0.29) is 17.8 Å². The molecule has 8 heteroatoms. The summed E-state index contributed by atoms with van der Waals surface area (Å²) in [5.41, 5.74) is 3.43. The Labute approximate surface area is 262 Å². The monoisotopic (exact) mass is 608 g/mol. The Bertz CT molecular complexity index is 1310. The van der Waals surface area contributed by atoms with Crippen LogP contribution in [0, 0.1) is 23.6 Å². The number of phenols is 1. The van der Waals surface area contributed by atoms with Crippen molar-refractivity contribution in [1.29, 1.82) is 0 Å². The van der Waals surface area contributed by atoms with Gasteiger partial charge in [0, 0.05) is 44.8 Å². The highest BCUT2D eigenvalue weighted by molar-refractivity contribution is 5.38. The minimum Gasteiger partial charge on any atom is -0.508 e. The summed E-state index contributed by atoms with van der Waals surface area (Å²) in [4.78, 5) is 4.65. The van der Waals surface area contributed by atoms with Crippen LogP contribution in [-0.2, 0) is 33.6 Å². The van der Waals surface area contributed by atoms with Crippen LogP contribution in [0.2, 0.25) is 0 Å². The molecule has 0 bridgehead atoms. The van der Waals surface area contributed by atoms with Gasteiger partial charge in [-0.1, -0.05) is 19.1 Å². The zero-order valence-electron chi connectivity index (χ0n) is 26.8. The van der Waals surface area contributed by atoms with E-state index in [1.165, 1.54) is 11.1 Å². The number of halogens is 1. The van der Waals surface area contributed by atoms with E-state index in [0.29, 0.717) is 36.5 Å². The lowest BCUT2D eigenvalue weighted by atomic mass is 9.72. The fourth-order valence-corrected chi connectivity index (χ4v) is 7.10. The van der Waals surface area contributed by atoms with E-state index >= 15 is 4.39 Å². The fourth-order valence-electron chi connectivity index (χ4n) is 7.10. The van der Waals surface area contributed by atoms with Crippen LogP contribution in [-0.4, -0.2) is 81.7 Å². The van der Waals surface area contributed by atoms with Gasteiger partial charge in [-0.3, -0.25) is 4.90 Å². The predicted molar refractivity (Wildman–Crippen MR) is 170 cm³/mol. The zero-order chi connectivity index (χ0) is 31.1. The maximum Gasteiger partial charge on any atom is 0.165 e. The lowest BCUT2D eigenvalue weighted by Crippen LogP contribution is -2.44. The Morgan fingerprint density at radius 3 is 2.48 bits per heavy atom. The van der Waals surface area contributed by atoms with Gasteiger partial charge in [-0.2, -0.15) is 0 Å². The minimum absolute atomic E-state index is 0.0581. The van der Waals surface area contributed by atoms with Crippen molar-refractivity contribution in [3.05, 3.63) is 82.6 Å². The molecule has 0 aromatic heterocycles. The summed E-state index contributed by atoms with van der Waals surface area (Å²) in [5, 5.41) is 9.97. The molecular formula is C36H49FN2O5. The SMILES string of the molecule is CCN(Cc1ccc(OCCN(C)CC2CCOCC2)c(F)c1)C1C=C(OC)C(OC)=CC1[C@@H]1CCc2cc(O)ccc2C1. The molecule has 1 aliphatic heterocycles. The van der Waals surface area contributed by atoms with E-state index < -0.39 is 0 Å². The van der Waals surface area contributed by atoms with Crippen LogP contribution in [0.3, 0.4) is 0 Å². The van der Waals surface area contributed by atoms with Crippen LogP contribution in [0.25, 0.3) is 0 Å². The van der Waals surface area contributed by atoms with Gasteiger partial charge in [-0.05, 0) is 111 Å². The molecule has 1 fully saturated rings. The van der Waals surface area contributed by atoms with Crippen LogP contribution in [0.4, 0.5) is 4.39 Å². The number of hydrogen-bond donors (Lipinski definition) is 1. The van der Waals surface area contributed by atoms with E-state index in [9.17, 15) is 5.11 Å². The van der Waals surface area contributed by atoms with Gasteiger partial charge in [0.2, 0.25) is 0 Å². The molecule has 5 rings (SSSR count).